The van der Waals surface area contributed by atoms with Gasteiger partial charge in [-0.1, -0.05) is 17.7 Å². The molecule has 19 heavy (non-hydrogen) atoms. The van der Waals surface area contributed by atoms with Crippen LogP contribution in [0.15, 0.2) is 30.3 Å². The molecule has 0 aromatic heterocycles. The first kappa shape index (κ1) is 13.1. The maximum atomic E-state index is 13.6. The van der Waals surface area contributed by atoms with Crippen LogP contribution in [0.2, 0.25) is 5.02 Å². The summed E-state index contributed by atoms with van der Waals surface area (Å²) in [6, 6.07) is 7.90. The van der Waals surface area contributed by atoms with Gasteiger partial charge in [-0.05, 0) is 12.1 Å². The van der Waals surface area contributed by atoms with E-state index in [1.54, 1.807) is 0 Å². The smallest absolute Gasteiger partial charge is 0.167 e. The van der Waals surface area contributed by atoms with Crippen molar-refractivity contribution in [3.63, 3.8) is 0 Å². The van der Waals surface area contributed by atoms with E-state index in [9.17, 15) is 8.78 Å². The summed E-state index contributed by atoms with van der Waals surface area (Å²) in [5.41, 5.74) is 4.94. The van der Waals surface area contributed by atoms with E-state index < -0.39 is 11.6 Å². The van der Waals surface area contributed by atoms with Crippen molar-refractivity contribution in [2.75, 3.05) is 5.73 Å². The maximum absolute atomic E-state index is 13.6. The summed E-state index contributed by atoms with van der Waals surface area (Å²) in [5.74, 6) is -1.97. The Kier molecular flexibility index (Phi) is 3.54. The molecule has 0 fully saturated rings. The van der Waals surface area contributed by atoms with Gasteiger partial charge in [-0.3, -0.25) is 0 Å². The van der Waals surface area contributed by atoms with Gasteiger partial charge in [0.2, 0.25) is 0 Å². The van der Waals surface area contributed by atoms with Gasteiger partial charge in [0.15, 0.2) is 11.6 Å². The molecule has 2 aromatic rings. The molecule has 0 saturated heterocycles. The van der Waals surface area contributed by atoms with Crippen LogP contribution >= 0.6 is 11.6 Å². The lowest BCUT2D eigenvalue weighted by molar-refractivity contribution is 0.436. The average molecular weight is 281 g/mol. The maximum Gasteiger partial charge on any atom is 0.167 e. The van der Waals surface area contributed by atoms with Gasteiger partial charge in [-0.15, -0.1) is 0 Å². The summed E-state index contributed by atoms with van der Waals surface area (Å²) in [7, 11) is 0. The highest BCUT2D eigenvalue weighted by Crippen LogP contribution is 2.32. The zero-order valence-corrected chi connectivity index (χ0v) is 10.2. The third kappa shape index (κ3) is 2.59. The number of hydrogen-bond donors (Lipinski definition) is 1. The number of nitrogens with zero attached hydrogens (tertiary/aromatic N) is 1. The Bertz CT molecular complexity index is 683. The zero-order valence-electron chi connectivity index (χ0n) is 9.45. The molecule has 3 nitrogen and oxygen atoms in total. The molecule has 0 unspecified atom stereocenters. The van der Waals surface area contributed by atoms with E-state index >= 15 is 0 Å². The second-order valence-electron chi connectivity index (χ2n) is 3.63. The first-order valence-corrected chi connectivity index (χ1v) is 5.51. The van der Waals surface area contributed by atoms with Crippen LogP contribution in [0, 0.1) is 23.0 Å². The van der Waals surface area contributed by atoms with Crippen molar-refractivity contribution in [2.45, 2.75) is 0 Å². The summed E-state index contributed by atoms with van der Waals surface area (Å²) < 4.78 is 32.0. The van der Waals surface area contributed by atoms with Crippen LogP contribution in [0.4, 0.5) is 14.5 Å². The molecule has 0 atom stereocenters. The van der Waals surface area contributed by atoms with E-state index in [2.05, 4.69) is 0 Å². The van der Waals surface area contributed by atoms with Crippen molar-refractivity contribution < 1.29 is 13.5 Å². The zero-order chi connectivity index (χ0) is 14.0. The van der Waals surface area contributed by atoms with Crippen LogP contribution in [0.25, 0.3) is 0 Å². The van der Waals surface area contributed by atoms with E-state index in [1.165, 1.54) is 18.2 Å². The molecular formula is C13H7ClF2N2O. The number of nitrogens with two attached hydrogens (primary N) is 1. The molecule has 0 aliphatic carbocycles. The fourth-order valence-corrected chi connectivity index (χ4v) is 1.65. The van der Waals surface area contributed by atoms with Gasteiger partial charge in [0.1, 0.15) is 23.2 Å². The Morgan fingerprint density at radius 2 is 1.89 bits per heavy atom. The van der Waals surface area contributed by atoms with Gasteiger partial charge >= 0.3 is 0 Å². The monoisotopic (exact) mass is 280 g/mol. The van der Waals surface area contributed by atoms with Crippen LogP contribution < -0.4 is 10.5 Å². The van der Waals surface area contributed by atoms with Gasteiger partial charge in [-0.25, -0.2) is 8.78 Å². The molecule has 0 aliphatic rings. The van der Waals surface area contributed by atoms with Crippen LogP contribution in [0.5, 0.6) is 11.5 Å². The van der Waals surface area contributed by atoms with Crippen LogP contribution in [0.1, 0.15) is 5.56 Å². The number of nitrogen functional groups attached to an aromatic ring is 1. The second-order valence-corrected chi connectivity index (χ2v) is 4.04. The standard InChI is InChI=1S/C13H7ClF2N2O/c14-8-2-1-3-12(7(8)6-17)19-13-5-9(15)11(18)4-10(13)16/h1-5H,18H2. The van der Waals surface area contributed by atoms with E-state index in [0.29, 0.717) is 0 Å². The SMILES string of the molecule is N#Cc1c(Cl)cccc1Oc1cc(F)c(N)cc1F. The number of anilines is 1. The van der Waals surface area contributed by atoms with E-state index in [1.807, 2.05) is 6.07 Å². The fourth-order valence-electron chi connectivity index (χ4n) is 1.44. The predicted octanol–water partition coefficient (Wildman–Crippen LogP) is 3.86. The molecule has 0 aliphatic heterocycles. The van der Waals surface area contributed by atoms with Gasteiger partial charge in [-0.2, -0.15) is 5.26 Å². The third-order valence-electron chi connectivity index (χ3n) is 2.36. The molecule has 6 heteroatoms. The number of ether oxygens (including phenoxy) is 1. The molecule has 0 radical (unpaired) electrons. The van der Waals surface area contributed by atoms with Crippen LogP contribution in [-0.4, -0.2) is 0 Å². The fraction of sp³-hybridized carbons (Fsp3) is 0. The van der Waals surface area contributed by atoms with Gasteiger partial charge < -0.3 is 10.5 Å². The molecule has 0 spiro atoms. The number of hydrogen-bond acceptors (Lipinski definition) is 3. The van der Waals surface area contributed by atoms with Gasteiger partial charge in [0.05, 0.1) is 10.7 Å². The molecular weight excluding hydrogens is 274 g/mol. The highest BCUT2D eigenvalue weighted by Gasteiger charge is 2.13. The lowest BCUT2D eigenvalue weighted by Crippen LogP contribution is -1.96. The van der Waals surface area contributed by atoms with Crippen LogP contribution in [0.3, 0.4) is 0 Å². The van der Waals surface area contributed by atoms with Crippen molar-refractivity contribution in [1.82, 2.24) is 0 Å². The highest BCUT2D eigenvalue weighted by atomic mass is 35.5. The van der Waals surface area contributed by atoms with E-state index in [4.69, 9.17) is 27.3 Å². The molecule has 0 amide bonds. The highest BCUT2D eigenvalue weighted by molar-refractivity contribution is 6.31. The molecule has 2 aromatic carbocycles. The number of nitriles is 1. The van der Waals surface area contributed by atoms with Gasteiger partial charge in [0.25, 0.3) is 0 Å². The summed E-state index contributed by atoms with van der Waals surface area (Å²) in [6.45, 7) is 0. The Hall–Kier alpha value is -2.32. The molecule has 0 heterocycles. The topological polar surface area (TPSA) is 59.0 Å². The van der Waals surface area contributed by atoms with Crippen molar-refractivity contribution in [2.24, 2.45) is 0 Å². The minimum absolute atomic E-state index is 0.0399. The molecule has 2 N–H and O–H groups in total. The molecule has 2 rings (SSSR count). The predicted molar refractivity (Wildman–Crippen MR) is 67.0 cm³/mol. The molecule has 0 saturated carbocycles. The molecule has 0 bridgehead atoms. The Morgan fingerprint density at radius 1 is 1.16 bits per heavy atom. The number of halogens is 3. The summed E-state index contributed by atoms with van der Waals surface area (Å²) in [4.78, 5) is 0. The third-order valence-corrected chi connectivity index (χ3v) is 2.67. The minimum Gasteiger partial charge on any atom is -0.453 e. The summed E-state index contributed by atoms with van der Waals surface area (Å²) >= 11 is 5.80. The number of rotatable bonds is 2. The Morgan fingerprint density at radius 3 is 2.58 bits per heavy atom. The van der Waals surface area contributed by atoms with Crippen molar-refractivity contribution in [1.29, 1.82) is 5.26 Å². The Balaban J connectivity index is 2.45. The van der Waals surface area contributed by atoms with Crippen molar-refractivity contribution in [3.8, 4) is 17.6 Å². The number of benzene rings is 2. The van der Waals surface area contributed by atoms with E-state index in [0.717, 1.165) is 12.1 Å². The normalized spacial score (nSPS) is 10.0. The minimum atomic E-state index is -0.831. The van der Waals surface area contributed by atoms with Crippen molar-refractivity contribution >= 4 is 17.3 Å². The lowest BCUT2D eigenvalue weighted by Gasteiger charge is -2.10. The summed E-state index contributed by atoms with van der Waals surface area (Å²) in [5, 5.41) is 9.11. The first-order valence-electron chi connectivity index (χ1n) is 5.14. The van der Waals surface area contributed by atoms with Crippen LogP contribution in [-0.2, 0) is 0 Å². The Labute approximate surface area is 112 Å². The largest absolute Gasteiger partial charge is 0.453 e. The quantitative estimate of drug-likeness (QED) is 0.850. The second kappa shape index (κ2) is 5.12. The van der Waals surface area contributed by atoms with E-state index in [-0.39, 0.29) is 27.8 Å². The average Bonchev–Trinajstić information content (AvgIpc) is 2.36. The van der Waals surface area contributed by atoms with Crippen molar-refractivity contribution in [3.05, 3.63) is 52.6 Å². The molecule has 96 valence electrons. The van der Waals surface area contributed by atoms with Gasteiger partial charge in [0, 0.05) is 12.1 Å². The first-order chi connectivity index (χ1) is 9.02. The summed E-state index contributed by atoms with van der Waals surface area (Å²) in [6.07, 6.45) is 0. The lowest BCUT2D eigenvalue weighted by atomic mass is 10.2.